The molecule has 0 radical (unpaired) electrons. The van der Waals surface area contributed by atoms with Crippen LogP contribution >= 0.6 is 0 Å². The van der Waals surface area contributed by atoms with Gasteiger partial charge < -0.3 is 14.7 Å². The molecule has 1 aliphatic rings. The minimum Gasteiger partial charge on any atom is -0.361 e. The first-order valence-electron chi connectivity index (χ1n) is 9.03. The Labute approximate surface area is 158 Å². The van der Waals surface area contributed by atoms with Crippen LogP contribution in [-0.2, 0) is 0 Å². The molecule has 0 N–H and O–H groups in total. The lowest BCUT2D eigenvalue weighted by Gasteiger charge is -2.35. The van der Waals surface area contributed by atoms with Crippen molar-refractivity contribution in [1.82, 2.24) is 20.1 Å². The topological polar surface area (TPSA) is 65.5 Å². The predicted octanol–water partition coefficient (Wildman–Crippen LogP) is 2.05. The van der Waals surface area contributed by atoms with Crippen LogP contribution in [0.2, 0.25) is 0 Å². The molecular weight excluding hydrogens is 340 g/mol. The van der Waals surface area contributed by atoms with Gasteiger partial charge in [0, 0.05) is 45.7 Å². The Balaban J connectivity index is 1.42. The van der Waals surface area contributed by atoms with Crippen molar-refractivity contribution in [3.8, 4) is 0 Å². The molecule has 3 heterocycles. The lowest BCUT2D eigenvalue weighted by molar-refractivity contribution is 0.0741. The number of piperazine rings is 1. The van der Waals surface area contributed by atoms with Crippen molar-refractivity contribution in [3.05, 3.63) is 54.2 Å². The molecule has 7 heteroatoms. The van der Waals surface area contributed by atoms with Crippen molar-refractivity contribution < 1.29 is 4.79 Å². The van der Waals surface area contributed by atoms with E-state index in [4.69, 9.17) is 0 Å². The zero-order valence-corrected chi connectivity index (χ0v) is 15.5. The smallest absolute Gasteiger partial charge is 0.272 e. The fraction of sp³-hybridized carbons (Fsp3) is 0.300. The quantitative estimate of drug-likeness (QED) is 0.711. The van der Waals surface area contributed by atoms with Crippen molar-refractivity contribution in [1.29, 1.82) is 0 Å². The van der Waals surface area contributed by atoms with Gasteiger partial charge in [0.1, 0.15) is 5.69 Å². The van der Waals surface area contributed by atoms with Crippen LogP contribution in [0.25, 0.3) is 10.9 Å². The molecule has 27 heavy (non-hydrogen) atoms. The van der Waals surface area contributed by atoms with E-state index < -0.39 is 0 Å². The average molecular weight is 362 g/mol. The zero-order chi connectivity index (χ0) is 18.8. The Hall–Kier alpha value is -3.22. The fourth-order valence-electron chi connectivity index (χ4n) is 3.21. The van der Waals surface area contributed by atoms with E-state index in [1.807, 2.05) is 72.4 Å². The second kappa shape index (κ2) is 7.19. The molecule has 7 nitrogen and oxygen atoms in total. The van der Waals surface area contributed by atoms with Crippen LogP contribution in [0.4, 0.5) is 11.6 Å². The maximum Gasteiger partial charge on any atom is 0.272 e. The summed E-state index contributed by atoms with van der Waals surface area (Å²) < 4.78 is 0. The summed E-state index contributed by atoms with van der Waals surface area (Å²) >= 11 is 0. The molecule has 0 saturated carbocycles. The molecule has 4 rings (SSSR count). The van der Waals surface area contributed by atoms with E-state index in [1.54, 1.807) is 0 Å². The van der Waals surface area contributed by atoms with E-state index in [1.165, 1.54) is 0 Å². The first kappa shape index (κ1) is 17.2. The van der Waals surface area contributed by atoms with Crippen molar-refractivity contribution in [3.63, 3.8) is 0 Å². The molecule has 2 aromatic heterocycles. The predicted molar refractivity (Wildman–Crippen MR) is 106 cm³/mol. The van der Waals surface area contributed by atoms with Crippen LogP contribution in [0, 0.1) is 0 Å². The Bertz CT molecular complexity index is 948. The third-order valence-corrected chi connectivity index (χ3v) is 4.80. The fourth-order valence-corrected chi connectivity index (χ4v) is 3.21. The third-order valence-electron chi connectivity index (χ3n) is 4.80. The first-order valence-corrected chi connectivity index (χ1v) is 9.03. The average Bonchev–Trinajstić information content (AvgIpc) is 2.73. The molecule has 1 amide bonds. The lowest BCUT2D eigenvalue weighted by Crippen LogP contribution is -2.49. The minimum atomic E-state index is -0.0190. The number of rotatable bonds is 3. The number of anilines is 2. The van der Waals surface area contributed by atoms with Gasteiger partial charge in [0.05, 0.1) is 5.52 Å². The summed E-state index contributed by atoms with van der Waals surface area (Å²) in [5, 5.41) is 9.57. The first-order chi connectivity index (χ1) is 13.1. The van der Waals surface area contributed by atoms with E-state index in [2.05, 4.69) is 20.1 Å². The molecule has 0 bridgehead atoms. The van der Waals surface area contributed by atoms with Crippen LogP contribution in [-0.4, -0.2) is 66.3 Å². The SMILES string of the molecule is CN(C)c1ccc(N2CCN(C(=O)c3ccc4ccccc4n3)CC2)nn1. The normalized spacial score (nSPS) is 14.4. The second-order valence-corrected chi connectivity index (χ2v) is 6.81. The van der Waals surface area contributed by atoms with Crippen molar-refractivity contribution in [2.45, 2.75) is 0 Å². The highest BCUT2D eigenvalue weighted by atomic mass is 16.2. The molecule has 0 aliphatic carbocycles. The summed E-state index contributed by atoms with van der Waals surface area (Å²) in [7, 11) is 3.88. The summed E-state index contributed by atoms with van der Waals surface area (Å²) in [5.74, 6) is 1.65. The van der Waals surface area contributed by atoms with E-state index in [0.29, 0.717) is 18.8 Å². The maximum atomic E-state index is 12.8. The van der Waals surface area contributed by atoms with Gasteiger partial charge in [0.25, 0.3) is 5.91 Å². The molecule has 1 aliphatic heterocycles. The number of para-hydroxylation sites is 1. The number of carbonyl (C=O) groups excluding carboxylic acids is 1. The summed E-state index contributed by atoms with van der Waals surface area (Å²) in [5.41, 5.74) is 1.34. The zero-order valence-electron chi connectivity index (χ0n) is 15.5. The Kier molecular flexibility index (Phi) is 4.58. The number of fused-ring (bicyclic) bond motifs is 1. The molecule has 0 unspecified atom stereocenters. The largest absolute Gasteiger partial charge is 0.361 e. The Morgan fingerprint density at radius 1 is 0.926 bits per heavy atom. The molecule has 0 atom stereocenters. The lowest BCUT2D eigenvalue weighted by atomic mass is 10.2. The molecule has 1 aromatic carbocycles. The number of nitrogens with zero attached hydrogens (tertiary/aromatic N) is 6. The monoisotopic (exact) mass is 362 g/mol. The van der Waals surface area contributed by atoms with Crippen LogP contribution < -0.4 is 9.80 Å². The van der Waals surface area contributed by atoms with Gasteiger partial charge in [-0.25, -0.2) is 4.98 Å². The van der Waals surface area contributed by atoms with Gasteiger partial charge in [-0.1, -0.05) is 24.3 Å². The number of hydrogen-bond donors (Lipinski definition) is 0. The number of benzene rings is 1. The Morgan fingerprint density at radius 3 is 2.41 bits per heavy atom. The van der Waals surface area contributed by atoms with E-state index in [0.717, 1.165) is 35.6 Å². The number of amides is 1. The van der Waals surface area contributed by atoms with Crippen LogP contribution in [0.5, 0.6) is 0 Å². The summed E-state index contributed by atoms with van der Waals surface area (Å²) in [4.78, 5) is 23.3. The second-order valence-electron chi connectivity index (χ2n) is 6.81. The van der Waals surface area contributed by atoms with Crippen LogP contribution in [0.3, 0.4) is 0 Å². The van der Waals surface area contributed by atoms with Gasteiger partial charge in [0.15, 0.2) is 11.6 Å². The molecule has 0 spiro atoms. The van der Waals surface area contributed by atoms with Gasteiger partial charge in [-0.05, 0) is 24.3 Å². The van der Waals surface area contributed by atoms with E-state index in [-0.39, 0.29) is 5.91 Å². The van der Waals surface area contributed by atoms with Crippen molar-refractivity contribution in [2.24, 2.45) is 0 Å². The van der Waals surface area contributed by atoms with Crippen LogP contribution in [0.1, 0.15) is 10.5 Å². The number of pyridine rings is 1. The highest BCUT2D eigenvalue weighted by Gasteiger charge is 2.24. The highest BCUT2D eigenvalue weighted by molar-refractivity contribution is 5.95. The van der Waals surface area contributed by atoms with Crippen molar-refractivity contribution in [2.75, 3.05) is 50.1 Å². The maximum absolute atomic E-state index is 12.8. The third kappa shape index (κ3) is 3.53. The van der Waals surface area contributed by atoms with Gasteiger partial charge in [0.2, 0.25) is 0 Å². The summed E-state index contributed by atoms with van der Waals surface area (Å²) in [6.07, 6.45) is 0. The Morgan fingerprint density at radius 2 is 1.70 bits per heavy atom. The van der Waals surface area contributed by atoms with Gasteiger partial charge >= 0.3 is 0 Å². The number of hydrogen-bond acceptors (Lipinski definition) is 6. The highest BCUT2D eigenvalue weighted by Crippen LogP contribution is 2.17. The van der Waals surface area contributed by atoms with Gasteiger partial charge in [-0.3, -0.25) is 4.79 Å². The number of aromatic nitrogens is 3. The van der Waals surface area contributed by atoms with Gasteiger partial charge in [-0.2, -0.15) is 0 Å². The molecule has 1 fully saturated rings. The molecule has 3 aromatic rings. The summed E-state index contributed by atoms with van der Waals surface area (Å²) in [6, 6.07) is 15.5. The van der Waals surface area contributed by atoms with Gasteiger partial charge in [-0.15, -0.1) is 10.2 Å². The molecule has 138 valence electrons. The standard InChI is InChI=1S/C20H22N6O/c1-24(2)18-9-10-19(23-22-18)25-11-13-26(14-12-25)20(27)17-8-7-15-5-3-4-6-16(15)21-17/h3-10H,11-14H2,1-2H3. The molecule has 1 saturated heterocycles. The number of carbonyl (C=O) groups is 1. The van der Waals surface area contributed by atoms with Crippen molar-refractivity contribution >= 4 is 28.4 Å². The minimum absolute atomic E-state index is 0.0190. The summed E-state index contributed by atoms with van der Waals surface area (Å²) in [6.45, 7) is 2.75. The van der Waals surface area contributed by atoms with E-state index in [9.17, 15) is 4.79 Å². The van der Waals surface area contributed by atoms with Crippen LogP contribution in [0.15, 0.2) is 48.5 Å². The van der Waals surface area contributed by atoms with E-state index >= 15 is 0 Å². The molecular formula is C20H22N6O.